The summed E-state index contributed by atoms with van der Waals surface area (Å²) in [4.78, 5) is 0. The van der Waals surface area contributed by atoms with Crippen LogP contribution < -0.4 is 0 Å². The van der Waals surface area contributed by atoms with Gasteiger partial charge in [0.15, 0.2) is 8.32 Å². The van der Waals surface area contributed by atoms with Crippen LogP contribution in [0.15, 0.2) is 11.6 Å². The molecular formula is C11H22OSi. The van der Waals surface area contributed by atoms with Crippen LogP contribution in [0.2, 0.25) is 19.6 Å². The van der Waals surface area contributed by atoms with E-state index in [0.717, 1.165) is 6.61 Å². The van der Waals surface area contributed by atoms with Gasteiger partial charge in [0.05, 0.1) is 0 Å². The minimum Gasteiger partial charge on any atom is -0.417 e. The van der Waals surface area contributed by atoms with E-state index >= 15 is 0 Å². The van der Waals surface area contributed by atoms with E-state index in [1.165, 1.54) is 32.1 Å². The number of hydrogen-bond donors (Lipinski definition) is 0. The van der Waals surface area contributed by atoms with E-state index in [1.807, 2.05) is 0 Å². The Morgan fingerprint density at radius 1 is 1.31 bits per heavy atom. The summed E-state index contributed by atoms with van der Waals surface area (Å²) in [6, 6.07) is 0. The highest BCUT2D eigenvalue weighted by atomic mass is 28.4. The van der Waals surface area contributed by atoms with E-state index in [1.54, 1.807) is 5.57 Å². The summed E-state index contributed by atoms with van der Waals surface area (Å²) in [5.74, 6) is 0. The Morgan fingerprint density at radius 2 is 2.08 bits per heavy atom. The average molecular weight is 198 g/mol. The molecular weight excluding hydrogens is 176 g/mol. The van der Waals surface area contributed by atoms with Crippen molar-refractivity contribution in [2.24, 2.45) is 0 Å². The maximum absolute atomic E-state index is 5.83. The van der Waals surface area contributed by atoms with Crippen LogP contribution in [0.5, 0.6) is 0 Å². The van der Waals surface area contributed by atoms with Gasteiger partial charge >= 0.3 is 0 Å². The van der Waals surface area contributed by atoms with Gasteiger partial charge in [-0.25, -0.2) is 0 Å². The maximum Gasteiger partial charge on any atom is 0.183 e. The Balaban J connectivity index is 2.15. The molecule has 0 spiro atoms. The van der Waals surface area contributed by atoms with Gasteiger partial charge in [0.2, 0.25) is 0 Å². The first kappa shape index (κ1) is 11.0. The highest BCUT2D eigenvalue weighted by Crippen LogP contribution is 2.20. The molecule has 1 rings (SSSR count). The smallest absolute Gasteiger partial charge is 0.183 e. The molecule has 2 heteroatoms. The van der Waals surface area contributed by atoms with Gasteiger partial charge in [-0.1, -0.05) is 11.6 Å². The topological polar surface area (TPSA) is 9.23 Å². The van der Waals surface area contributed by atoms with Crippen molar-refractivity contribution >= 4 is 8.32 Å². The van der Waals surface area contributed by atoms with Crippen molar-refractivity contribution in [3.05, 3.63) is 11.6 Å². The zero-order valence-corrected chi connectivity index (χ0v) is 10.2. The molecule has 0 aromatic heterocycles. The lowest BCUT2D eigenvalue weighted by atomic mass is 9.98. The number of hydrogen-bond acceptors (Lipinski definition) is 1. The molecule has 0 radical (unpaired) electrons. The van der Waals surface area contributed by atoms with Crippen LogP contribution in [0.1, 0.15) is 32.1 Å². The maximum atomic E-state index is 5.83. The molecule has 0 saturated heterocycles. The van der Waals surface area contributed by atoms with Crippen LogP contribution in [0.4, 0.5) is 0 Å². The van der Waals surface area contributed by atoms with E-state index in [4.69, 9.17) is 4.43 Å². The Hall–Kier alpha value is -0.0831. The fourth-order valence-electron chi connectivity index (χ4n) is 1.62. The predicted molar refractivity (Wildman–Crippen MR) is 60.5 cm³/mol. The fraction of sp³-hybridized carbons (Fsp3) is 0.818. The largest absolute Gasteiger partial charge is 0.417 e. The van der Waals surface area contributed by atoms with Gasteiger partial charge in [-0.2, -0.15) is 0 Å². The highest BCUT2D eigenvalue weighted by Gasteiger charge is 2.13. The number of rotatable bonds is 4. The first-order valence-electron chi connectivity index (χ1n) is 5.40. The van der Waals surface area contributed by atoms with E-state index in [0.29, 0.717) is 0 Å². The second-order valence-electron chi connectivity index (χ2n) is 4.82. The second-order valence-corrected chi connectivity index (χ2v) is 9.33. The molecule has 1 aliphatic rings. The summed E-state index contributed by atoms with van der Waals surface area (Å²) in [7, 11) is -1.27. The minimum absolute atomic E-state index is 0.946. The molecule has 0 N–H and O–H groups in total. The van der Waals surface area contributed by atoms with Gasteiger partial charge < -0.3 is 4.43 Å². The monoisotopic (exact) mass is 198 g/mol. The lowest BCUT2D eigenvalue weighted by molar-refractivity contribution is 0.313. The molecule has 0 fully saturated rings. The van der Waals surface area contributed by atoms with Gasteiger partial charge in [-0.15, -0.1) is 0 Å². The van der Waals surface area contributed by atoms with Crippen molar-refractivity contribution in [1.82, 2.24) is 0 Å². The summed E-state index contributed by atoms with van der Waals surface area (Å²) in [5.41, 5.74) is 1.63. The Labute approximate surface area is 83.3 Å². The van der Waals surface area contributed by atoms with E-state index in [9.17, 15) is 0 Å². The Bertz CT molecular complexity index is 179. The quantitative estimate of drug-likeness (QED) is 0.494. The molecule has 13 heavy (non-hydrogen) atoms. The Kier molecular flexibility index (Phi) is 4.20. The summed E-state index contributed by atoms with van der Waals surface area (Å²) in [5, 5.41) is 0. The molecule has 0 aliphatic heterocycles. The van der Waals surface area contributed by atoms with Crippen molar-refractivity contribution < 1.29 is 4.43 Å². The van der Waals surface area contributed by atoms with Crippen molar-refractivity contribution in [3.8, 4) is 0 Å². The van der Waals surface area contributed by atoms with Crippen LogP contribution in [0, 0.1) is 0 Å². The standard InChI is InChI=1S/C11H22OSi/c1-13(2,3)12-10-9-11-7-5-4-6-8-11/h7H,4-6,8-10H2,1-3H3. The van der Waals surface area contributed by atoms with Crippen LogP contribution in [-0.4, -0.2) is 14.9 Å². The fourth-order valence-corrected chi connectivity index (χ4v) is 2.33. The molecule has 0 heterocycles. The third-order valence-corrected chi connectivity index (χ3v) is 3.41. The molecule has 0 bridgehead atoms. The van der Waals surface area contributed by atoms with E-state index in [2.05, 4.69) is 25.7 Å². The van der Waals surface area contributed by atoms with Crippen LogP contribution in [0.3, 0.4) is 0 Å². The summed E-state index contributed by atoms with van der Waals surface area (Å²) >= 11 is 0. The normalized spacial score (nSPS) is 18.5. The second kappa shape index (κ2) is 4.96. The lowest BCUT2D eigenvalue weighted by Gasteiger charge is -2.19. The minimum atomic E-state index is -1.27. The molecule has 1 aliphatic carbocycles. The molecule has 0 atom stereocenters. The van der Waals surface area contributed by atoms with E-state index < -0.39 is 8.32 Å². The SMILES string of the molecule is C[Si](C)(C)OCCC1=CCCCC1. The van der Waals surface area contributed by atoms with Gasteiger partial charge in [-0.3, -0.25) is 0 Å². The summed E-state index contributed by atoms with van der Waals surface area (Å²) in [6.07, 6.45) is 8.97. The molecule has 1 nitrogen and oxygen atoms in total. The first-order valence-corrected chi connectivity index (χ1v) is 8.81. The zero-order chi connectivity index (χ0) is 9.73. The third-order valence-electron chi connectivity index (χ3n) is 2.34. The molecule has 0 saturated carbocycles. The third kappa shape index (κ3) is 5.27. The summed E-state index contributed by atoms with van der Waals surface area (Å²) in [6.45, 7) is 7.70. The molecule has 0 aromatic rings. The van der Waals surface area contributed by atoms with Crippen LogP contribution in [0.25, 0.3) is 0 Å². The van der Waals surface area contributed by atoms with Gasteiger partial charge in [0.1, 0.15) is 0 Å². The van der Waals surface area contributed by atoms with Crippen molar-refractivity contribution in [3.63, 3.8) is 0 Å². The predicted octanol–water partition coefficient (Wildman–Crippen LogP) is 3.73. The lowest BCUT2D eigenvalue weighted by Crippen LogP contribution is -2.25. The highest BCUT2D eigenvalue weighted by molar-refractivity contribution is 6.69. The number of allylic oxidation sites excluding steroid dienone is 1. The van der Waals surface area contributed by atoms with Gasteiger partial charge in [0, 0.05) is 6.61 Å². The Morgan fingerprint density at radius 3 is 2.62 bits per heavy atom. The van der Waals surface area contributed by atoms with E-state index in [-0.39, 0.29) is 0 Å². The first-order chi connectivity index (χ1) is 6.08. The molecule has 76 valence electrons. The molecule has 0 aromatic carbocycles. The van der Waals surface area contributed by atoms with Crippen molar-refractivity contribution in [1.29, 1.82) is 0 Å². The molecule has 0 unspecified atom stereocenters. The van der Waals surface area contributed by atoms with Crippen LogP contribution >= 0.6 is 0 Å². The van der Waals surface area contributed by atoms with Gasteiger partial charge in [-0.05, 0) is 51.7 Å². The summed E-state index contributed by atoms with van der Waals surface area (Å²) < 4.78 is 5.83. The van der Waals surface area contributed by atoms with Gasteiger partial charge in [0.25, 0.3) is 0 Å². The molecule has 0 amide bonds. The van der Waals surface area contributed by atoms with Crippen LogP contribution in [-0.2, 0) is 4.43 Å². The zero-order valence-electron chi connectivity index (χ0n) is 9.23. The van der Waals surface area contributed by atoms with Crippen molar-refractivity contribution in [2.75, 3.05) is 6.61 Å². The average Bonchev–Trinajstić information content (AvgIpc) is 2.04. The van der Waals surface area contributed by atoms with Crippen molar-refractivity contribution in [2.45, 2.75) is 51.7 Å².